The predicted molar refractivity (Wildman–Crippen MR) is 395 cm³/mol. The summed E-state index contributed by atoms with van der Waals surface area (Å²) in [4.78, 5) is 103. The van der Waals surface area contributed by atoms with Crippen LogP contribution in [0.4, 0.5) is 4.39 Å². The molecule has 0 spiro atoms. The second-order valence-electron chi connectivity index (χ2n) is 26.9. The van der Waals surface area contributed by atoms with Gasteiger partial charge in [0.05, 0.1) is 51.5 Å². The summed E-state index contributed by atoms with van der Waals surface area (Å²) in [6, 6.07) is 36.3. The molecule has 1 aliphatic heterocycles. The van der Waals surface area contributed by atoms with E-state index in [1.165, 1.54) is 59.3 Å². The molecule has 2 aliphatic carbocycles. The van der Waals surface area contributed by atoms with E-state index < -0.39 is 59.4 Å². The number of carbonyl (C=O) groups excluding carboxylic acids is 8. The number of phenolic OH excluding ortho intramolecular Hbond substituents is 1. The number of aromatic hydroxyl groups is 1. The van der Waals surface area contributed by atoms with Gasteiger partial charge in [0.15, 0.2) is 0 Å². The summed E-state index contributed by atoms with van der Waals surface area (Å²) < 4.78 is 19.3. The predicted octanol–water partition coefficient (Wildman–Crippen LogP) is 6.21. The monoisotopic (exact) mass is 1480 g/mol. The molecule has 6 aromatic carbocycles. The first kappa shape index (κ1) is 83.6. The van der Waals surface area contributed by atoms with Crippen molar-refractivity contribution in [3.63, 3.8) is 0 Å². The number of ether oxygens (including phenoxy) is 1. The molecule has 5 unspecified atom stereocenters. The summed E-state index contributed by atoms with van der Waals surface area (Å²) in [5, 5.41) is 72.4. The van der Waals surface area contributed by atoms with Crippen molar-refractivity contribution < 1.29 is 73.4 Å². The Balaban J connectivity index is 0.000000199. The Morgan fingerprint density at radius 1 is 0.575 bits per heavy atom. The number of benzene rings is 6. The molecule has 0 bridgehead atoms. The highest BCUT2D eigenvalue weighted by Gasteiger charge is 2.32. The van der Waals surface area contributed by atoms with E-state index in [4.69, 9.17) is 37.2 Å². The molecule has 10 rings (SSSR count). The summed E-state index contributed by atoms with van der Waals surface area (Å²) in [5.74, 6) is -4.16. The van der Waals surface area contributed by atoms with Crippen LogP contribution in [0.3, 0.4) is 0 Å². The average Bonchev–Trinajstić information content (AvgIpc) is 0.764. The number of carbonyl (C=O) groups is 8. The van der Waals surface area contributed by atoms with Gasteiger partial charge in [0.1, 0.15) is 29.7 Å². The Kier molecular flexibility index (Phi) is 34.5. The van der Waals surface area contributed by atoms with Crippen LogP contribution in [0.2, 0.25) is 5.02 Å². The molecule has 106 heavy (non-hydrogen) atoms. The van der Waals surface area contributed by atoms with E-state index in [1.807, 2.05) is 78.9 Å². The molecular weight excluding hydrogens is 1390 g/mol. The van der Waals surface area contributed by atoms with Gasteiger partial charge in [0.2, 0.25) is 23.6 Å². The van der Waals surface area contributed by atoms with Gasteiger partial charge in [0.25, 0.3) is 23.6 Å². The number of fused-ring (bicyclic) bond motifs is 4. The molecule has 2 heterocycles. The van der Waals surface area contributed by atoms with Crippen LogP contribution in [0, 0.1) is 17.2 Å². The number of morpholine rings is 1. The molecule has 7 aromatic rings. The van der Waals surface area contributed by atoms with Gasteiger partial charge in [0, 0.05) is 67.8 Å². The van der Waals surface area contributed by atoms with Crippen LogP contribution >= 0.6 is 11.6 Å². The molecule has 1 saturated carbocycles. The number of aromatic nitrogens is 1. The first-order valence-electron chi connectivity index (χ1n) is 35.3. The molecule has 570 valence electrons. The lowest BCUT2D eigenvalue weighted by atomic mass is 9.83. The maximum atomic E-state index is 13.9. The fourth-order valence-corrected chi connectivity index (χ4v) is 12.8. The van der Waals surface area contributed by atoms with Crippen molar-refractivity contribution in [1.82, 2.24) is 74.3 Å². The molecular formula is C76H98ClFN14O14. The molecule has 30 heteroatoms. The van der Waals surface area contributed by atoms with Crippen LogP contribution in [0.15, 0.2) is 146 Å². The number of nitrogens with zero attached hydrogens (tertiary/aromatic N) is 2. The Labute approximate surface area is 619 Å². The first-order chi connectivity index (χ1) is 51.1. The minimum absolute atomic E-state index is 0.0547. The van der Waals surface area contributed by atoms with Crippen LogP contribution in [0.1, 0.15) is 130 Å². The molecule has 3 aliphatic rings. The smallest absolute Gasteiger partial charge is 0.257 e. The van der Waals surface area contributed by atoms with Gasteiger partial charge in [-0.25, -0.2) is 26.3 Å². The maximum Gasteiger partial charge on any atom is 0.257 e. The fraction of sp³-hybridized carbons (Fsp3) is 0.408. The highest BCUT2D eigenvalue weighted by molar-refractivity contribution is 6.30. The Hall–Kier alpha value is -9.63. The quantitative estimate of drug-likeness (QED) is 0.0147. The lowest BCUT2D eigenvalue weighted by Crippen LogP contribution is -2.52. The molecule has 5 atom stereocenters. The van der Waals surface area contributed by atoms with E-state index in [-0.39, 0.29) is 78.3 Å². The second-order valence-corrected chi connectivity index (χ2v) is 27.3. The molecule has 1 aromatic heterocycles. The largest absolute Gasteiger partial charge is 0.508 e. The van der Waals surface area contributed by atoms with Crippen LogP contribution in [0.5, 0.6) is 5.75 Å². The van der Waals surface area contributed by atoms with Crippen molar-refractivity contribution in [3.05, 3.63) is 190 Å². The number of halogens is 2. The number of hydrogen-bond donors (Lipinski definition) is 17. The van der Waals surface area contributed by atoms with Crippen molar-refractivity contribution in [3.8, 4) is 5.75 Å². The third-order valence-electron chi connectivity index (χ3n) is 18.1. The summed E-state index contributed by atoms with van der Waals surface area (Å²) in [6.45, 7) is 10.7. The van der Waals surface area contributed by atoms with Crippen molar-refractivity contribution in [2.24, 2.45) is 11.3 Å². The number of pyridine rings is 1. The molecule has 28 nitrogen and oxygen atoms in total. The summed E-state index contributed by atoms with van der Waals surface area (Å²) >= 11 is 6.02. The number of amides is 8. The molecule has 0 radical (unpaired) electrons. The van der Waals surface area contributed by atoms with Crippen LogP contribution < -0.4 is 64.5 Å². The molecule has 2 fully saturated rings. The van der Waals surface area contributed by atoms with E-state index >= 15 is 0 Å². The van der Waals surface area contributed by atoms with Crippen molar-refractivity contribution in [2.45, 2.75) is 115 Å². The highest BCUT2D eigenvalue weighted by atomic mass is 35.5. The maximum absolute atomic E-state index is 13.9. The minimum atomic E-state index is -1.02. The fourth-order valence-electron chi connectivity index (χ4n) is 12.6. The van der Waals surface area contributed by atoms with Crippen LogP contribution in [-0.4, -0.2) is 161 Å². The number of rotatable bonds is 28. The van der Waals surface area contributed by atoms with Gasteiger partial charge in [-0.2, -0.15) is 0 Å². The zero-order chi connectivity index (χ0) is 76.4. The average molecular weight is 1490 g/mol. The van der Waals surface area contributed by atoms with Gasteiger partial charge in [-0.1, -0.05) is 149 Å². The van der Waals surface area contributed by atoms with Crippen molar-refractivity contribution in [1.29, 1.82) is 0 Å². The van der Waals surface area contributed by atoms with E-state index in [9.17, 15) is 47.9 Å². The van der Waals surface area contributed by atoms with E-state index in [0.717, 1.165) is 122 Å². The molecule has 1 saturated heterocycles. The van der Waals surface area contributed by atoms with Gasteiger partial charge in [-0.05, 0) is 130 Å². The number of aryl methyl sites for hydroxylation is 1. The molecule has 17 N–H and O–H groups in total. The van der Waals surface area contributed by atoms with E-state index in [1.54, 1.807) is 35.5 Å². The zero-order valence-electron chi connectivity index (χ0n) is 59.7. The zero-order valence-corrected chi connectivity index (χ0v) is 60.5. The Morgan fingerprint density at radius 2 is 1.14 bits per heavy atom. The van der Waals surface area contributed by atoms with Gasteiger partial charge in [-0.15, -0.1) is 0 Å². The van der Waals surface area contributed by atoms with E-state index in [2.05, 4.69) is 79.3 Å². The Bertz CT molecular complexity index is 4020. The third-order valence-corrected chi connectivity index (χ3v) is 18.3. The molecule has 8 amide bonds. The van der Waals surface area contributed by atoms with Gasteiger partial charge in [-0.3, -0.25) is 90.3 Å². The number of phenols is 1. The summed E-state index contributed by atoms with van der Waals surface area (Å²) in [7, 11) is 0. The van der Waals surface area contributed by atoms with Crippen LogP contribution in [-0.2, 0) is 56.1 Å². The third kappa shape index (κ3) is 26.8. The van der Waals surface area contributed by atoms with Gasteiger partial charge >= 0.3 is 0 Å². The minimum Gasteiger partial charge on any atom is -0.508 e. The lowest BCUT2D eigenvalue weighted by Gasteiger charge is -2.31. The topological polar surface area (TPSA) is 407 Å². The second kappa shape index (κ2) is 43.7. The van der Waals surface area contributed by atoms with Crippen molar-refractivity contribution in [2.75, 3.05) is 72.1 Å². The summed E-state index contributed by atoms with van der Waals surface area (Å²) in [6.07, 6.45) is 12.3. The lowest BCUT2D eigenvalue weighted by molar-refractivity contribution is -0.130. The van der Waals surface area contributed by atoms with Crippen molar-refractivity contribution >= 4 is 80.4 Å². The number of hydroxylamine groups is 4. The first-order valence-corrected chi connectivity index (χ1v) is 35.7. The normalized spacial score (nSPS) is 15.4. The van der Waals surface area contributed by atoms with Crippen LogP contribution in [0.25, 0.3) is 21.5 Å². The Morgan fingerprint density at radius 3 is 1.77 bits per heavy atom. The van der Waals surface area contributed by atoms with E-state index in [0.29, 0.717) is 24.7 Å². The van der Waals surface area contributed by atoms with Gasteiger partial charge < -0.3 is 31.1 Å². The number of hydrogen-bond acceptors (Lipinski definition) is 20. The number of nitrogens with one attached hydrogen (secondary N) is 12. The highest BCUT2D eigenvalue weighted by Crippen LogP contribution is 2.35. The summed E-state index contributed by atoms with van der Waals surface area (Å²) in [5.41, 5.74) is 10.5. The standard InChI is InChI=1S/C24H22N4O3.C20H22ClN3O4.C16H24FN3O3.C16H30N4O4/c29-22(28-31)15-26-23(24(30)27-14-16-6-5-11-25-13-16)21-12-17-7-1-2-8-18(17)19-9-3-4-10-20(19)21;21-13-8-9-17(25)15(10-13)19(22-11-18(26)24-28)20(27)23-16-7-3-5-12-4-1-2-6-14(12)16;1-16(2,3)8-9-18-15(22)14(19-10-13(21)20-23)11-6-4-5-7-12(11)17;21-14(19-23)12-18-15(13-4-2-1-3-5-13)16(22)17-6-7-20-8-10-24-11-9-20/h1-13,23,26,31H,14-15H2,(H,27,30)(H,28,29);1-2,4,6,8-10,16,19,22,25,28H,3,5,7,11H2,(H,23,27)(H,24,26);4-7,14,19,23H,8-10H2,1-3H3,(H,18,22)(H,20,21);13,15,18,23H,1-12H2,(H,17,22)(H,19,21). The SMILES string of the molecule is CC(C)(C)CCNC(=O)C(NCC(=O)NO)c1ccccc1F.O=C(CNC(C(=O)NC1CCCc2ccccc21)c1cc(Cl)ccc1O)NO.O=C(CNC(C(=O)NCCN1CCOCC1)C1CCCCC1)NO.O=C(CNC(C(=O)NCc1cccnc1)c1cc2ccccc2c2ccccc12)NO.